The molecule has 3 heteroatoms. The Morgan fingerprint density at radius 2 is 1.78 bits per heavy atom. The number of pyridine rings is 1. The van der Waals surface area contributed by atoms with E-state index in [0.717, 1.165) is 33.2 Å². The SMILES string of the molecule is CNc1c2ccccc2nc2c(OC)cccc12. The summed E-state index contributed by atoms with van der Waals surface area (Å²) in [7, 11) is 3.60. The molecule has 0 bridgehead atoms. The normalized spacial score (nSPS) is 10.8. The molecule has 3 nitrogen and oxygen atoms in total. The maximum atomic E-state index is 5.39. The number of anilines is 1. The van der Waals surface area contributed by atoms with Crippen LogP contribution in [0.3, 0.4) is 0 Å². The third kappa shape index (κ3) is 1.48. The summed E-state index contributed by atoms with van der Waals surface area (Å²) in [6, 6.07) is 14.1. The highest BCUT2D eigenvalue weighted by Crippen LogP contribution is 2.34. The van der Waals surface area contributed by atoms with E-state index in [1.165, 1.54) is 0 Å². The molecule has 18 heavy (non-hydrogen) atoms. The van der Waals surface area contributed by atoms with Gasteiger partial charge in [-0.25, -0.2) is 4.98 Å². The van der Waals surface area contributed by atoms with Crippen LogP contribution in [-0.2, 0) is 0 Å². The summed E-state index contributed by atoms with van der Waals surface area (Å²) in [6.07, 6.45) is 0. The van der Waals surface area contributed by atoms with Gasteiger partial charge in [-0.05, 0) is 12.1 Å². The van der Waals surface area contributed by atoms with Gasteiger partial charge in [0.1, 0.15) is 11.3 Å². The van der Waals surface area contributed by atoms with Crippen LogP contribution in [-0.4, -0.2) is 19.1 Å². The number of nitrogens with zero attached hydrogens (tertiary/aromatic N) is 1. The summed E-state index contributed by atoms with van der Waals surface area (Å²) in [4.78, 5) is 4.69. The second-order valence-corrected chi connectivity index (χ2v) is 4.11. The van der Waals surface area contributed by atoms with Crippen molar-refractivity contribution in [2.75, 3.05) is 19.5 Å². The zero-order valence-corrected chi connectivity index (χ0v) is 10.4. The van der Waals surface area contributed by atoms with Crippen LogP contribution in [0.5, 0.6) is 5.75 Å². The summed E-state index contributed by atoms with van der Waals surface area (Å²) in [5.74, 6) is 0.801. The fourth-order valence-corrected chi connectivity index (χ4v) is 2.32. The van der Waals surface area contributed by atoms with E-state index in [1.54, 1.807) is 7.11 Å². The molecule has 0 saturated carbocycles. The summed E-state index contributed by atoms with van der Waals surface area (Å²) in [5, 5.41) is 5.47. The predicted octanol–water partition coefficient (Wildman–Crippen LogP) is 3.44. The molecule has 3 aromatic rings. The first kappa shape index (κ1) is 10.8. The van der Waals surface area contributed by atoms with E-state index < -0.39 is 0 Å². The van der Waals surface area contributed by atoms with Gasteiger partial charge >= 0.3 is 0 Å². The Morgan fingerprint density at radius 1 is 1.00 bits per heavy atom. The van der Waals surface area contributed by atoms with E-state index in [-0.39, 0.29) is 0 Å². The van der Waals surface area contributed by atoms with Crippen LogP contribution in [0.1, 0.15) is 0 Å². The molecule has 90 valence electrons. The molecule has 1 aromatic heterocycles. The zero-order chi connectivity index (χ0) is 12.5. The molecule has 0 aliphatic heterocycles. The maximum absolute atomic E-state index is 5.39. The average molecular weight is 238 g/mol. The highest BCUT2D eigenvalue weighted by atomic mass is 16.5. The highest BCUT2D eigenvalue weighted by Gasteiger charge is 2.10. The van der Waals surface area contributed by atoms with Crippen LogP contribution in [0.15, 0.2) is 42.5 Å². The Balaban J connectivity index is 2.53. The fraction of sp³-hybridized carbons (Fsp3) is 0.133. The van der Waals surface area contributed by atoms with Crippen molar-refractivity contribution in [1.82, 2.24) is 4.98 Å². The first-order valence-electron chi connectivity index (χ1n) is 5.88. The maximum Gasteiger partial charge on any atom is 0.145 e. The third-order valence-corrected chi connectivity index (χ3v) is 3.14. The first-order chi connectivity index (χ1) is 8.85. The molecule has 0 aliphatic rings. The van der Waals surface area contributed by atoms with E-state index in [9.17, 15) is 0 Å². The number of hydrogen-bond acceptors (Lipinski definition) is 3. The van der Waals surface area contributed by atoms with Crippen molar-refractivity contribution in [2.45, 2.75) is 0 Å². The van der Waals surface area contributed by atoms with Crippen molar-refractivity contribution in [3.8, 4) is 5.75 Å². The number of para-hydroxylation sites is 2. The fourth-order valence-electron chi connectivity index (χ4n) is 2.32. The molecule has 3 rings (SSSR count). The number of aromatic nitrogens is 1. The largest absolute Gasteiger partial charge is 0.494 e. The molecule has 0 amide bonds. The molecule has 1 N–H and O–H groups in total. The van der Waals surface area contributed by atoms with Gasteiger partial charge < -0.3 is 10.1 Å². The number of fused-ring (bicyclic) bond motifs is 2. The second-order valence-electron chi connectivity index (χ2n) is 4.11. The van der Waals surface area contributed by atoms with Gasteiger partial charge in [-0.15, -0.1) is 0 Å². The molecule has 0 unspecified atom stereocenters. The topological polar surface area (TPSA) is 34.2 Å². The molecule has 0 fully saturated rings. The van der Waals surface area contributed by atoms with E-state index in [4.69, 9.17) is 9.72 Å². The minimum Gasteiger partial charge on any atom is -0.494 e. The number of nitrogens with one attached hydrogen (secondary N) is 1. The van der Waals surface area contributed by atoms with Gasteiger partial charge in [-0.3, -0.25) is 0 Å². The van der Waals surface area contributed by atoms with E-state index in [2.05, 4.69) is 17.4 Å². The Hall–Kier alpha value is -2.29. The number of methoxy groups -OCH3 is 1. The van der Waals surface area contributed by atoms with Crippen molar-refractivity contribution in [3.05, 3.63) is 42.5 Å². The quantitative estimate of drug-likeness (QED) is 0.694. The van der Waals surface area contributed by atoms with Crippen LogP contribution in [0.2, 0.25) is 0 Å². The summed E-state index contributed by atoms with van der Waals surface area (Å²) >= 11 is 0. The molecule has 2 aromatic carbocycles. The molecule has 0 spiro atoms. The average Bonchev–Trinajstić information content (AvgIpc) is 2.44. The monoisotopic (exact) mass is 238 g/mol. The van der Waals surface area contributed by atoms with Crippen molar-refractivity contribution < 1.29 is 4.74 Å². The summed E-state index contributed by atoms with van der Waals surface area (Å²) in [5.41, 5.74) is 2.96. The molecule has 0 atom stereocenters. The first-order valence-corrected chi connectivity index (χ1v) is 5.88. The van der Waals surface area contributed by atoms with Gasteiger partial charge in [-0.2, -0.15) is 0 Å². The second kappa shape index (κ2) is 4.18. The Labute approximate surface area is 105 Å². The van der Waals surface area contributed by atoms with Gasteiger partial charge in [0, 0.05) is 17.8 Å². The molecular formula is C15H14N2O. The minimum atomic E-state index is 0.801. The zero-order valence-electron chi connectivity index (χ0n) is 10.4. The van der Waals surface area contributed by atoms with E-state index in [0.29, 0.717) is 0 Å². The summed E-state index contributed by atoms with van der Waals surface area (Å²) in [6.45, 7) is 0. The molecule has 0 saturated heterocycles. The standard InChI is InChI=1S/C15H14N2O/c1-16-14-10-6-3-4-8-12(10)17-15-11(14)7-5-9-13(15)18-2/h3-9H,1-2H3,(H,16,17). The number of rotatable bonds is 2. The van der Waals surface area contributed by atoms with Crippen LogP contribution in [0, 0.1) is 0 Å². The number of benzene rings is 2. The lowest BCUT2D eigenvalue weighted by molar-refractivity contribution is 0.419. The van der Waals surface area contributed by atoms with E-state index in [1.807, 2.05) is 37.4 Å². The molecular weight excluding hydrogens is 224 g/mol. The molecule has 1 heterocycles. The van der Waals surface area contributed by atoms with Gasteiger partial charge in [0.25, 0.3) is 0 Å². The summed E-state index contributed by atoms with van der Waals surface area (Å²) < 4.78 is 5.39. The van der Waals surface area contributed by atoms with Gasteiger partial charge in [0.15, 0.2) is 0 Å². The van der Waals surface area contributed by atoms with Crippen LogP contribution >= 0.6 is 0 Å². The van der Waals surface area contributed by atoms with Crippen molar-refractivity contribution in [2.24, 2.45) is 0 Å². The van der Waals surface area contributed by atoms with Crippen molar-refractivity contribution >= 4 is 27.5 Å². The van der Waals surface area contributed by atoms with E-state index >= 15 is 0 Å². The minimum absolute atomic E-state index is 0.801. The Bertz CT molecular complexity index is 722. The van der Waals surface area contributed by atoms with Crippen LogP contribution in [0.25, 0.3) is 21.8 Å². The lowest BCUT2D eigenvalue weighted by Gasteiger charge is -2.12. The van der Waals surface area contributed by atoms with Crippen molar-refractivity contribution in [3.63, 3.8) is 0 Å². The number of ether oxygens (including phenoxy) is 1. The third-order valence-electron chi connectivity index (χ3n) is 3.14. The smallest absolute Gasteiger partial charge is 0.145 e. The lowest BCUT2D eigenvalue weighted by atomic mass is 10.1. The van der Waals surface area contributed by atoms with Crippen LogP contribution < -0.4 is 10.1 Å². The molecule has 0 aliphatic carbocycles. The van der Waals surface area contributed by atoms with Gasteiger partial charge in [0.2, 0.25) is 0 Å². The van der Waals surface area contributed by atoms with Crippen LogP contribution in [0.4, 0.5) is 5.69 Å². The predicted molar refractivity (Wildman–Crippen MR) is 75.3 cm³/mol. The highest BCUT2D eigenvalue weighted by molar-refractivity contribution is 6.08. The van der Waals surface area contributed by atoms with Gasteiger partial charge in [-0.1, -0.05) is 30.3 Å². The Morgan fingerprint density at radius 3 is 2.56 bits per heavy atom. The molecule has 0 radical (unpaired) electrons. The van der Waals surface area contributed by atoms with Gasteiger partial charge in [0.05, 0.1) is 18.3 Å². The number of hydrogen-bond donors (Lipinski definition) is 1. The van der Waals surface area contributed by atoms with Crippen molar-refractivity contribution in [1.29, 1.82) is 0 Å². The lowest BCUT2D eigenvalue weighted by Crippen LogP contribution is -1.95. The Kier molecular flexibility index (Phi) is 2.52.